The summed E-state index contributed by atoms with van der Waals surface area (Å²) < 4.78 is 0.499. The van der Waals surface area contributed by atoms with Crippen LogP contribution in [0.3, 0.4) is 0 Å². The summed E-state index contributed by atoms with van der Waals surface area (Å²) >= 11 is 0. The zero-order valence-electron chi connectivity index (χ0n) is 6.91. The van der Waals surface area contributed by atoms with Gasteiger partial charge < -0.3 is 14.4 Å². The molecule has 0 spiro atoms. The molecule has 1 atom stereocenters. The Morgan fingerprint density at radius 1 is 1.55 bits per heavy atom. The van der Waals surface area contributed by atoms with Gasteiger partial charge in [-0.25, -0.2) is 0 Å². The second-order valence-corrected chi connectivity index (χ2v) is 3.50. The lowest BCUT2D eigenvalue weighted by atomic mass is 10.1. The number of carboxylic acid groups (broad SMARTS) is 1. The zero-order chi connectivity index (χ0) is 8.48. The van der Waals surface area contributed by atoms with Gasteiger partial charge in [0.1, 0.15) is 6.04 Å². The lowest BCUT2D eigenvalue weighted by Gasteiger charge is -2.39. The number of rotatable bonds is 1. The predicted molar refractivity (Wildman–Crippen MR) is 39.5 cm³/mol. The molecule has 62 valence electrons. The van der Waals surface area contributed by atoms with Gasteiger partial charge in [-0.15, -0.1) is 0 Å². The quantitative estimate of drug-likeness (QED) is 0.365. The zero-order valence-corrected chi connectivity index (χ0v) is 6.91. The molecule has 3 nitrogen and oxygen atoms in total. The molecule has 0 saturated carbocycles. The monoisotopic (exact) mass is 155 g/mol. The van der Waals surface area contributed by atoms with Gasteiger partial charge in [0.2, 0.25) is 0 Å². The summed E-state index contributed by atoms with van der Waals surface area (Å²) in [5.74, 6) is -0.945. The van der Waals surface area contributed by atoms with Gasteiger partial charge >= 0.3 is 0 Å². The summed E-state index contributed by atoms with van der Waals surface area (Å²) in [6, 6.07) is -0.375. The first-order chi connectivity index (χ1) is 5.04. The third kappa shape index (κ3) is 1.60. The van der Waals surface area contributed by atoms with Crippen molar-refractivity contribution >= 4 is 5.97 Å². The number of hydrogen-bond donors (Lipinski definition) is 0. The van der Waals surface area contributed by atoms with Crippen LogP contribution in [0.4, 0.5) is 0 Å². The Kier molecular flexibility index (Phi) is 2.00. The molecule has 0 aliphatic carbocycles. The Hall–Kier alpha value is -0.830. The molecule has 0 aromatic heterocycles. The topological polar surface area (TPSA) is 40.1 Å². The summed E-state index contributed by atoms with van der Waals surface area (Å²) in [7, 11) is 3.81. The van der Waals surface area contributed by atoms with Crippen LogP contribution in [0.1, 0.15) is 6.42 Å². The SMILES string of the molecule is C[N+]1(C)CC=CC[C@H]1C(=O)[O-]. The van der Waals surface area contributed by atoms with Crippen LogP contribution >= 0.6 is 0 Å². The fourth-order valence-electron chi connectivity index (χ4n) is 1.37. The molecule has 11 heavy (non-hydrogen) atoms. The second kappa shape index (κ2) is 2.66. The highest BCUT2D eigenvalue weighted by molar-refractivity contribution is 5.70. The van der Waals surface area contributed by atoms with Crippen molar-refractivity contribution in [2.75, 3.05) is 20.6 Å². The molecule has 0 aromatic carbocycles. The predicted octanol–water partition coefficient (Wildman–Crippen LogP) is -0.859. The van der Waals surface area contributed by atoms with Crippen LogP contribution in [0.2, 0.25) is 0 Å². The van der Waals surface area contributed by atoms with E-state index in [1.54, 1.807) is 0 Å². The van der Waals surface area contributed by atoms with Crippen LogP contribution in [-0.4, -0.2) is 37.1 Å². The lowest BCUT2D eigenvalue weighted by molar-refractivity contribution is -0.904. The van der Waals surface area contributed by atoms with Gasteiger partial charge in [-0.2, -0.15) is 0 Å². The Labute approximate surface area is 66.5 Å². The average molecular weight is 155 g/mol. The van der Waals surface area contributed by atoms with Gasteiger partial charge in [0.15, 0.2) is 0 Å². The van der Waals surface area contributed by atoms with Gasteiger partial charge in [0.25, 0.3) is 0 Å². The van der Waals surface area contributed by atoms with Crippen LogP contribution in [-0.2, 0) is 4.79 Å². The van der Waals surface area contributed by atoms with Gasteiger partial charge in [-0.1, -0.05) is 6.08 Å². The Bertz CT molecular complexity index is 196. The molecular weight excluding hydrogens is 142 g/mol. The number of nitrogens with zero attached hydrogens (tertiary/aromatic N) is 1. The van der Waals surface area contributed by atoms with Crippen molar-refractivity contribution in [2.45, 2.75) is 12.5 Å². The second-order valence-electron chi connectivity index (χ2n) is 3.50. The maximum Gasteiger partial charge on any atom is 0.132 e. The van der Waals surface area contributed by atoms with Crippen molar-refractivity contribution in [2.24, 2.45) is 0 Å². The van der Waals surface area contributed by atoms with E-state index in [9.17, 15) is 9.90 Å². The van der Waals surface area contributed by atoms with Gasteiger partial charge in [-0.3, -0.25) is 0 Å². The first-order valence-electron chi connectivity index (χ1n) is 3.72. The number of carboxylic acids is 1. The Morgan fingerprint density at radius 2 is 2.18 bits per heavy atom. The average Bonchev–Trinajstić information content (AvgIpc) is 1.85. The molecule has 1 aliphatic rings. The minimum absolute atomic E-state index is 0.375. The molecule has 1 aliphatic heterocycles. The smallest absolute Gasteiger partial charge is 0.132 e. The molecule has 3 heteroatoms. The number of quaternary nitrogens is 1. The molecule has 0 fully saturated rings. The molecule has 0 aromatic rings. The highest BCUT2D eigenvalue weighted by atomic mass is 16.4. The highest BCUT2D eigenvalue weighted by Gasteiger charge is 2.29. The summed E-state index contributed by atoms with van der Waals surface area (Å²) in [6.45, 7) is 0.776. The number of carbonyl (C=O) groups is 1. The molecule has 0 unspecified atom stereocenters. The van der Waals surface area contributed by atoms with E-state index in [1.807, 2.05) is 26.2 Å². The number of likely N-dealkylation sites (N-methyl/N-ethyl adjacent to an activating group) is 1. The molecule has 1 rings (SSSR count). The maximum absolute atomic E-state index is 10.6. The van der Waals surface area contributed by atoms with Crippen molar-refractivity contribution in [1.82, 2.24) is 0 Å². The van der Waals surface area contributed by atoms with Crippen molar-refractivity contribution in [3.63, 3.8) is 0 Å². The Balaban J connectivity index is 2.78. The van der Waals surface area contributed by atoms with Crippen LogP contribution in [0, 0.1) is 0 Å². The van der Waals surface area contributed by atoms with E-state index < -0.39 is 5.97 Å². The number of carbonyl (C=O) groups excluding carboxylic acids is 1. The van der Waals surface area contributed by atoms with Gasteiger partial charge in [-0.05, 0) is 6.08 Å². The lowest BCUT2D eigenvalue weighted by Crippen LogP contribution is -2.58. The third-order valence-corrected chi connectivity index (χ3v) is 2.22. The fraction of sp³-hybridized carbons (Fsp3) is 0.625. The molecule has 1 heterocycles. The van der Waals surface area contributed by atoms with Crippen molar-refractivity contribution in [3.8, 4) is 0 Å². The first-order valence-corrected chi connectivity index (χ1v) is 3.72. The molecule has 0 saturated heterocycles. The van der Waals surface area contributed by atoms with Crippen LogP contribution in [0.5, 0.6) is 0 Å². The van der Waals surface area contributed by atoms with E-state index in [1.165, 1.54) is 0 Å². The third-order valence-electron chi connectivity index (χ3n) is 2.22. The van der Waals surface area contributed by atoms with E-state index in [0.717, 1.165) is 6.54 Å². The van der Waals surface area contributed by atoms with E-state index in [2.05, 4.69) is 0 Å². The fourth-order valence-corrected chi connectivity index (χ4v) is 1.37. The summed E-state index contributed by atoms with van der Waals surface area (Å²) in [4.78, 5) is 10.6. The molecule has 0 amide bonds. The minimum atomic E-state index is -0.945. The molecule has 0 N–H and O–H groups in total. The van der Waals surface area contributed by atoms with Gasteiger partial charge in [0, 0.05) is 6.42 Å². The molecular formula is C8H13NO2. The van der Waals surface area contributed by atoms with Crippen molar-refractivity contribution < 1.29 is 14.4 Å². The number of aliphatic carboxylic acids is 1. The summed E-state index contributed by atoms with van der Waals surface area (Å²) in [5.41, 5.74) is 0. The van der Waals surface area contributed by atoms with E-state index in [4.69, 9.17) is 0 Å². The molecule has 0 bridgehead atoms. The van der Waals surface area contributed by atoms with Crippen molar-refractivity contribution in [3.05, 3.63) is 12.2 Å². The summed E-state index contributed by atoms with van der Waals surface area (Å²) in [6.07, 6.45) is 4.51. The van der Waals surface area contributed by atoms with E-state index in [-0.39, 0.29) is 6.04 Å². The summed E-state index contributed by atoms with van der Waals surface area (Å²) in [5, 5.41) is 10.6. The standard InChI is InChI=1S/C8H13NO2/c1-9(2)6-4-3-5-7(9)8(10)11/h3-4,7H,5-6H2,1-2H3/t7-/m0/s1. The first kappa shape index (κ1) is 8.27. The largest absolute Gasteiger partial charge is 0.544 e. The van der Waals surface area contributed by atoms with Crippen molar-refractivity contribution in [1.29, 1.82) is 0 Å². The Morgan fingerprint density at radius 3 is 2.55 bits per heavy atom. The maximum atomic E-state index is 10.6. The highest BCUT2D eigenvalue weighted by Crippen LogP contribution is 2.15. The van der Waals surface area contributed by atoms with Gasteiger partial charge in [0.05, 0.1) is 26.6 Å². The van der Waals surface area contributed by atoms with E-state index >= 15 is 0 Å². The van der Waals surface area contributed by atoms with E-state index in [0.29, 0.717) is 10.9 Å². The van der Waals surface area contributed by atoms with Crippen LogP contribution in [0.25, 0.3) is 0 Å². The molecule has 0 radical (unpaired) electrons. The normalized spacial score (nSPS) is 28.4. The number of hydrogen-bond acceptors (Lipinski definition) is 2. The van der Waals surface area contributed by atoms with Crippen LogP contribution in [0.15, 0.2) is 12.2 Å². The minimum Gasteiger partial charge on any atom is -0.544 e. The van der Waals surface area contributed by atoms with Crippen LogP contribution < -0.4 is 5.11 Å².